The number of amides is 2. The number of piperidine rings is 1. The molecule has 0 saturated carbocycles. The minimum atomic E-state index is -0.750. The smallest absolute Gasteiger partial charge is 0.250 e. The highest BCUT2D eigenvalue weighted by atomic mass is 35.5. The molecule has 2 amide bonds. The number of nitrogens with zero attached hydrogens (tertiary/aromatic N) is 3. The van der Waals surface area contributed by atoms with Gasteiger partial charge in [-0.3, -0.25) is 14.3 Å². The van der Waals surface area contributed by atoms with Gasteiger partial charge in [0.25, 0.3) is 5.91 Å². The number of hydrogen-bond acceptors (Lipinski definition) is 4. The van der Waals surface area contributed by atoms with Crippen LogP contribution in [0.25, 0.3) is 0 Å². The van der Waals surface area contributed by atoms with Gasteiger partial charge in [0, 0.05) is 30.2 Å². The quantitative estimate of drug-likeness (QED) is 0.789. The molecule has 0 spiro atoms. The van der Waals surface area contributed by atoms with Crippen LogP contribution in [0, 0.1) is 0 Å². The molecule has 146 valence electrons. The maximum absolute atomic E-state index is 13.2. The van der Waals surface area contributed by atoms with E-state index >= 15 is 0 Å². The van der Waals surface area contributed by atoms with Crippen LogP contribution in [0.3, 0.4) is 0 Å². The van der Waals surface area contributed by atoms with Gasteiger partial charge >= 0.3 is 0 Å². The third-order valence-corrected chi connectivity index (χ3v) is 4.84. The lowest BCUT2D eigenvalue weighted by molar-refractivity contribution is -0.143. The Bertz CT molecular complexity index is 776. The first kappa shape index (κ1) is 21.2. The largest absolute Gasteiger partial charge is 0.334 e. The summed E-state index contributed by atoms with van der Waals surface area (Å²) in [5, 5.41) is 10.9. The zero-order valence-electron chi connectivity index (χ0n) is 15.0. The van der Waals surface area contributed by atoms with Crippen LogP contribution in [-0.4, -0.2) is 53.2 Å². The first-order chi connectivity index (χ1) is 12.5. The van der Waals surface area contributed by atoms with Crippen LogP contribution in [0.4, 0.5) is 5.69 Å². The van der Waals surface area contributed by atoms with Gasteiger partial charge in [0.2, 0.25) is 5.91 Å². The third kappa shape index (κ3) is 4.80. The molecule has 1 aromatic carbocycles. The van der Waals surface area contributed by atoms with Gasteiger partial charge in [-0.25, -0.2) is 0 Å². The highest BCUT2D eigenvalue weighted by Crippen LogP contribution is 2.29. The summed E-state index contributed by atoms with van der Waals surface area (Å²) < 4.78 is 1.72. The van der Waals surface area contributed by atoms with E-state index in [2.05, 4.69) is 15.7 Å². The molecular formula is C18H23Cl2N5O2. The Morgan fingerprint density at radius 2 is 2.07 bits per heavy atom. The van der Waals surface area contributed by atoms with E-state index in [4.69, 9.17) is 11.6 Å². The summed E-state index contributed by atoms with van der Waals surface area (Å²) >= 11 is 5.93. The highest BCUT2D eigenvalue weighted by molar-refractivity contribution is 6.30. The van der Waals surface area contributed by atoms with Gasteiger partial charge in [0.05, 0.1) is 6.54 Å². The summed E-state index contributed by atoms with van der Waals surface area (Å²) in [6, 6.07) is 8.72. The van der Waals surface area contributed by atoms with Crippen molar-refractivity contribution in [1.29, 1.82) is 0 Å². The molecule has 2 aromatic rings. The Labute approximate surface area is 169 Å². The van der Waals surface area contributed by atoms with Gasteiger partial charge in [-0.1, -0.05) is 17.7 Å². The van der Waals surface area contributed by atoms with Gasteiger partial charge in [-0.15, -0.1) is 12.4 Å². The average Bonchev–Trinajstić information content (AvgIpc) is 3.16. The maximum atomic E-state index is 13.2. The molecule has 0 aliphatic carbocycles. The van der Waals surface area contributed by atoms with E-state index in [0.29, 0.717) is 23.6 Å². The number of carbonyl (C=O) groups is 2. The number of anilines is 1. The number of rotatable bonds is 5. The molecule has 2 heterocycles. The van der Waals surface area contributed by atoms with Crippen LogP contribution in [0.2, 0.25) is 5.02 Å². The lowest BCUT2D eigenvalue weighted by Gasteiger charge is -2.39. The Kier molecular flexibility index (Phi) is 7.24. The average molecular weight is 412 g/mol. The van der Waals surface area contributed by atoms with E-state index < -0.39 is 5.54 Å². The molecule has 1 aliphatic heterocycles. The van der Waals surface area contributed by atoms with E-state index in [1.54, 1.807) is 42.2 Å². The van der Waals surface area contributed by atoms with Crippen molar-refractivity contribution in [1.82, 2.24) is 20.0 Å². The van der Waals surface area contributed by atoms with E-state index in [-0.39, 0.29) is 30.8 Å². The fourth-order valence-electron chi connectivity index (χ4n) is 3.31. The van der Waals surface area contributed by atoms with E-state index in [9.17, 15) is 9.59 Å². The molecule has 0 bridgehead atoms. The van der Waals surface area contributed by atoms with Crippen LogP contribution >= 0.6 is 24.0 Å². The number of benzene rings is 1. The predicted octanol–water partition coefficient (Wildman–Crippen LogP) is 2.13. The molecular weight excluding hydrogens is 389 g/mol. The Morgan fingerprint density at radius 1 is 1.33 bits per heavy atom. The zero-order chi connectivity index (χ0) is 18.6. The van der Waals surface area contributed by atoms with Crippen molar-refractivity contribution in [2.45, 2.75) is 18.4 Å². The summed E-state index contributed by atoms with van der Waals surface area (Å²) in [6.45, 7) is 1.42. The molecule has 0 atom stereocenters. The predicted molar refractivity (Wildman–Crippen MR) is 107 cm³/mol. The van der Waals surface area contributed by atoms with Crippen LogP contribution < -0.4 is 10.6 Å². The first-order valence-corrected chi connectivity index (χ1v) is 8.91. The second-order valence-electron chi connectivity index (χ2n) is 6.45. The summed E-state index contributed by atoms with van der Waals surface area (Å²) in [5.41, 5.74) is -0.146. The molecule has 3 rings (SSSR count). The van der Waals surface area contributed by atoms with E-state index in [1.165, 1.54) is 4.90 Å². The number of nitrogens with one attached hydrogen (secondary N) is 2. The molecule has 1 saturated heterocycles. The topological polar surface area (TPSA) is 79.3 Å². The van der Waals surface area contributed by atoms with Crippen LogP contribution in [0.5, 0.6) is 0 Å². The highest BCUT2D eigenvalue weighted by Gasteiger charge is 2.43. The number of hydrogen-bond donors (Lipinski definition) is 2. The Balaban J connectivity index is 0.00000261. The minimum Gasteiger partial charge on any atom is -0.334 e. The molecule has 0 unspecified atom stereocenters. The normalized spacial score (nSPS) is 15.5. The number of halogens is 2. The van der Waals surface area contributed by atoms with Crippen molar-refractivity contribution in [3.63, 3.8) is 0 Å². The fourth-order valence-corrected chi connectivity index (χ4v) is 3.50. The lowest BCUT2D eigenvalue weighted by Crippen LogP contribution is -2.55. The van der Waals surface area contributed by atoms with Crippen molar-refractivity contribution < 1.29 is 9.59 Å². The number of carbonyl (C=O) groups excluding carboxylic acids is 2. The molecule has 1 aromatic heterocycles. The minimum absolute atomic E-state index is 0. The number of likely N-dealkylation sites (N-methyl/N-ethyl adjacent to an activating group) is 1. The molecule has 1 aliphatic rings. The fraction of sp³-hybridized carbons (Fsp3) is 0.389. The molecule has 9 heteroatoms. The van der Waals surface area contributed by atoms with Crippen molar-refractivity contribution in [3.05, 3.63) is 47.7 Å². The van der Waals surface area contributed by atoms with Crippen LogP contribution in [0.1, 0.15) is 12.8 Å². The molecule has 7 nitrogen and oxygen atoms in total. The van der Waals surface area contributed by atoms with Gasteiger partial charge < -0.3 is 15.5 Å². The van der Waals surface area contributed by atoms with Crippen molar-refractivity contribution >= 4 is 41.5 Å². The molecule has 2 N–H and O–H groups in total. The molecule has 0 radical (unpaired) electrons. The third-order valence-electron chi connectivity index (χ3n) is 4.61. The van der Waals surface area contributed by atoms with Crippen molar-refractivity contribution in [2.75, 3.05) is 32.0 Å². The Hall–Kier alpha value is -2.09. The van der Waals surface area contributed by atoms with Crippen molar-refractivity contribution in [2.24, 2.45) is 0 Å². The molecule has 1 fully saturated rings. The second kappa shape index (κ2) is 9.21. The lowest BCUT2D eigenvalue weighted by atomic mass is 9.87. The van der Waals surface area contributed by atoms with Gasteiger partial charge in [-0.05, 0) is 50.2 Å². The summed E-state index contributed by atoms with van der Waals surface area (Å²) in [7, 11) is 1.65. The first-order valence-electron chi connectivity index (χ1n) is 8.53. The summed E-state index contributed by atoms with van der Waals surface area (Å²) in [6.07, 6.45) is 4.74. The monoisotopic (exact) mass is 411 g/mol. The molecule has 27 heavy (non-hydrogen) atoms. The van der Waals surface area contributed by atoms with Gasteiger partial charge in [0.1, 0.15) is 5.54 Å². The van der Waals surface area contributed by atoms with Crippen LogP contribution in [-0.2, 0) is 15.1 Å². The van der Waals surface area contributed by atoms with Gasteiger partial charge in [0.15, 0.2) is 0 Å². The number of aromatic nitrogens is 2. The Morgan fingerprint density at radius 3 is 2.70 bits per heavy atom. The summed E-state index contributed by atoms with van der Waals surface area (Å²) in [4.78, 5) is 27.0. The van der Waals surface area contributed by atoms with E-state index in [1.807, 2.05) is 12.3 Å². The zero-order valence-corrected chi connectivity index (χ0v) is 16.6. The SMILES string of the molecule is CN(CC(=O)Nc1cccc(Cl)c1)C(=O)C1(n2cccn2)CCNCC1.Cl. The summed E-state index contributed by atoms with van der Waals surface area (Å²) in [5.74, 6) is -0.378. The van der Waals surface area contributed by atoms with Crippen LogP contribution in [0.15, 0.2) is 42.7 Å². The van der Waals surface area contributed by atoms with Gasteiger partial charge in [-0.2, -0.15) is 5.10 Å². The second-order valence-corrected chi connectivity index (χ2v) is 6.89. The van der Waals surface area contributed by atoms with Crippen molar-refractivity contribution in [3.8, 4) is 0 Å². The standard InChI is InChI=1S/C18H22ClN5O2.ClH/c1-23(13-16(25)22-15-5-2-4-14(19)12-15)17(26)18(6-9-20-10-7-18)24-11-3-8-21-24;/h2-5,8,11-12,20H,6-7,9-10,13H2,1H3,(H,22,25);1H. The van der Waals surface area contributed by atoms with E-state index in [0.717, 1.165) is 13.1 Å². The maximum Gasteiger partial charge on any atom is 0.250 e.